The SMILES string of the molecule is CCC(O)(OC#N)C(=O)Oc1ccccc1. The number of hydrogen-bond acceptors (Lipinski definition) is 5. The van der Waals surface area contributed by atoms with Crippen molar-refractivity contribution in [3.8, 4) is 12.0 Å². The van der Waals surface area contributed by atoms with Gasteiger partial charge in [-0.2, -0.15) is 5.26 Å². The van der Waals surface area contributed by atoms with E-state index in [2.05, 4.69) is 4.74 Å². The molecule has 1 aromatic rings. The van der Waals surface area contributed by atoms with Gasteiger partial charge in [0, 0.05) is 6.42 Å². The minimum absolute atomic E-state index is 0.0772. The smallest absolute Gasteiger partial charge is 0.385 e. The number of ether oxygens (including phenoxy) is 2. The van der Waals surface area contributed by atoms with Crippen LogP contribution in [0, 0.1) is 11.5 Å². The Morgan fingerprint density at radius 2 is 2.12 bits per heavy atom. The number of carbonyl (C=O) groups is 1. The fraction of sp³-hybridized carbons (Fsp3) is 0.273. The summed E-state index contributed by atoms with van der Waals surface area (Å²) in [7, 11) is 0. The van der Waals surface area contributed by atoms with Gasteiger partial charge in [0.1, 0.15) is 5.75 Å². The van der Waals surface area contributed by atoms with Crippen molar-refractivity contribution in [2.45, 2.75) is 19.1 Å². The van der Waals surface area contributed by atoms with Gasteiger partial charge in [-0.05, 0) is 12.1 Å². The number of nitrogens with zero attached hydrogens (tertiary/aromatic N) is 1. The normalized spacial score (nSPS) is 13.3. The lowest BCUT2D eigenvalue weighted by atomic mass is 10.2. The van der Waals surface area contributed by atoms with Crippen molar-refractivity contribution in [3.05, 3.63) is 30.3 Å². The van der Waals surface area contributed by atoms with Crippen LogP contribution in [0.25, 0.3) is 0 Å². The van der Waals surface area contributed by atoms with Crippen LogP contribution < -0.4 is 4.74 Å². The first-order valence-corrected chi connectivity index (χ1v) is 4.69. The number of rotatable bonds is 4. The van der Waals surface area contributed by atoms with E-state index in [0.717, 1.165) is 0 Å². The molecular weight excluding hydrogens is 210 g/mol. The van der Waals surface area contributed by atoms with Gasteiger partial charge in [0.15, 0.2) is 0 Å². The van der Waals surface area contributed by atoms with E-state index < -0.39 is 11.8 Å². The lowest BCUT2D eigenvalue weighted by Gasteiger charge is -2.20. The highest BCUT2D eigenvalue weighted by molar-refractivity contribution is 5.79. The van der Waals surface area contributed by atoms with Crippen LogP contribution in [-0.2, 0) is 9.53 Å². The molecule has 0 aliphatic rings. The minimum atomic E-state index is -2.22. The molecule has 5 nitrogen and oxygen atoms in total. The van der Waals surface area contributed by atoms with E-state index in [0.29, 0.717) is 0 Å². The van der Waals surface area contributed by atoms with Crippen LogP contribution in [-0.4, -0.2) is 16.9 Å². The molecule has 0 spiro atoms. The second-order valence-corrected chi connectivity index (χ2v) is 3.03. The fourth-order valence-electron chi connectivity index (χ4n) is 1.01. The third kappa shape index (κ3) is 2.72. The van der Waals surface area contributed by atoms with Crippen molar-refractivity contribution in [3.63, 3.8) is 0 Å². The van der Waals surface area contributed by atoms with E-state index in [1.54, 1.807) is 30.3 Å². The maximum absolute atomic E-state index is 11.5. The Hall–Kier alpha value is -2.06. The minimum Gasteiger partial charge on any atom is -0.422 e. The maximum Gasteiger partial charge on any atom is 0.385 e. The Kier molecular flexibility index (Phi) is 3.86. The highest BCUT2D eigenvalue weighted by Crippen LogP contribution is 2.17. The van der Waals surface area contributed by atoms with Crippen LogP contribution in [0.3, 0.4) is 0 Å². The Morgan fingerprint density at radius 3 is 2.62 bits per heavy atom. The molecule has 0 bridgehead atoms. The lowest BCUT2D eigenvalue weighted by Crippen LogP contribution is -2.42. The number of hydrogen-bond donors (Lipinski definition) is 1. The molecule has 1 unspecified atom stereocenters. The van der Waals surface area contributed by atoms with Crippen LogP contribution >= 0.6 is 0 Å². The van der Waals surface area contributed by atoms with E-state index in [-0.39, 0.29) is 12.2 Å². The fourth-order valence-corrected chi connectivity index (χ4v) is 1.01. The van der Waals surface area contributed by atoms with E-state index >= 15 is 0 Å². The van der Waals surface area contributed by atoms with Crippen molar-refractivity contribution in [2.75, 3.05) is 0 Å². The van der Waals surface area contributed by atoms with Gasteiger partial charge in [-0.3, -0.25) is 0 Å². The monoisotopic (exact) mass is 221 g/mol. The summed E-state index contributed by atoms with van der Waals surface area (Å²) in [4.78, 5) is 11.5. The Bertz CT molecular complexity index is 398. The van der Waals surface area contributed by atoms with Crippen molar-refractivity contribution in [1.29, 1.82) is 5.26 Å². The molecule has 1 N–H and O–H groups in total. The molecular formula is C11H11NO4. The van der Waals surface area contributed by atoms with Gasteiger partial charge in [0.2, 0.25) is 0 Å². The molecule has 16 heavy (non-hydrogen) atoms. The zero-order valence-electron chi connectivity index (χ0n) is 8.71. The summed E-state index contributed by atoms with van der Waals surface area (Å²) in [6, 6.07) is 8.23. The van der Waals surface area contributed by atoms with Gasteiger partial charge in [-0.25, -0.2) is 4.79 Å². The molecule has 0 heterocycles. The molecule has 5 heteroatoms. The van der Waals surface area contributed by atoms with E-state index in [9.17, 15) is 9.90 Å². The molecule has 0 aromatic heterocycles. The third-order valence-corrected chi connectivity index (χ3v) is 1.97. The zero-order valence-corrected chi connectivity index (χ0v) is 8.71. The maximum atomic E-state index is 11.5. The molecule has 0 saturated carbocycles. The zero-order chi connectivity index (χ0) is 12.0. The van der Waals surface area contributed by atoms with Crippen molar-refractivity contribution >= 4 is 5.97 Å². The summed E-state index contributed by atoms with van der Waals surface area (Å²) >= 11 is 0. The molecule has 0 aliphatic heterocycles. The van der Waals surface area contributed by atoms with E-state index in [4.69, 9.17) is 10.00 Å². The molecule has 0 aliphatic carbocycles. The Labute approximate surface area is 92.8 Å². The van der Waals surface area contributed by atoms with Crippen LogP contribution in [0.4, 0.5) is 0 Å². The first kappa shape index (κ1) is 12.0. The molecule has 1 atom stereocenters. The summed E-state index contributed by atoms with van der Waals surface area (Å²) < 4.78 is 9.16. The van der Waals surface area contributed by atoms with Crippen LogP contribution in [0.1, 0.15) is 13.3 Å². The topological polar surface area (TPSA) is 79.5 Å². The standard InChI is InChI=1S/C11H11NO4/c1-2-11(14,15-8-12)10(13)16-9-6-4-3-5-7-9/h3-7,14H,2H2,1H3. The van der Waals surface area contributed by atoms with Crippen LogP contribution in [0.5, 0.6) is 5.75 Å². The molecule has 1 aromatic carbocycles. The average molecular weight is 221 g/mol. The summed E-state index contributed by atoms with van der Waals surface area (Å²) in [5, 5.41) is 17.9. The predicted octanol–water partition coefficient (Wildman–Crippen LogP) is 1.19. The molecule has 0 radical (unpaired) electrons. The average Bonchev–Trinajstić information content (AvgIpc) is 2.30. The van der Waals surface area contributed by atoms with Crippen molar-refractivity contribution in [1.82, 2.24) is 0 Å². The second-order valence-electron chi connectivity index (χ2n) is 3.03. The van der Waals surface area contributed by atoms with Crippen LogP contribution in [0.2, 0.25) is 0 Å². The van der Waals surface area contributed by atoms with Gasteiger partial charge in [-0.15, -0.1) is 0 Å². The quantitative estimate of drug-likeness (QED) is 0.357. The number of nitriles is 1. The van der Waals surface area contributed by atoms with Gasteiger partial charge in [0.05, 0.1) is 0 Å². The Morgan fingerprint density at radius 1 is 1.50 bits per heavy atom. The summed E-state index contributed by atoms with van der Waals surface area (Å²) in [5.74, 6) is -2.95. The summed E-state index contributed by atoms with van der Waals surface area (Å²) in [5.41, 5.74) is 0. The first-order chi connectivity index (χ1) is 7.62. The summed E-state index contributed by atoms with van der Waals surface area (Å²) in [6.07, 6.45) is 1.20. The molecule has 0 amide bonds. The number of benzene rings is 1. The van der Waals surface area contributed by atoms with Gasteiger partial charge < -0.3 is 14.6 Å². The summed E-state index contributed by atoms with van der Waals surface area (Å²) in [6.45, 7) is 1.50. The predicted molar refractivity (Wildman–Crippen MR) is 54.0 cm³/mol. The number of carbonyl (C=O) groups excluding carboxylic acids is 1. The highest BCUT2D eigenvalue weighted by atomic mass is 16.7. The van der Waals surface area contributed by atoms with Crippen molar-refractivity contribution in [2.24, 2.45) is 0 Å². The lowest BCUT2D eigenvalue weighted by molar-refractivity contribution is -0.200. The second kappa shape index (κ2) is 5.14. The molecule has 0 saturated heterocycles. The molecule has 0 fully saturated rings. The molecule has 1 rings (SSSR count). The van der Waals surface area contributed by atoms with Gasteiger partial charge in [0.25, 0.3) is 6.26 Å². The Balaban J connectivity index is 2.75. The van der Waals surface area contributed by atoms with Crippen molar-refractivity contribution < 1.29 is 19.4 Å². The van der Waals surface area contributed by atoms with Gasteiger partial charge in [-0.1, -0.05) is 25.1 Å². The largest absolute Gasteiger partial charge is 0.422 e. The number of aliphatic hydroxyl groups is 1. The molecule has 84 valence electrons. The third-order valence-electron chi connectivity index (χ3n) is 1.97. The van der Waals surface area contributed by atoms with Gasteiger partial charge >= 0.3 is 11.8 Å². The first-order valence-electron chi connectivity index (χ1n) is 4.69. The number of esters is 1. The van der Waals surface area contributed by atoms with E-state index in [1.165, 1.54) is 13.2 Å². The number of para-hydroxylation sites is 1. The van der Waals surface area contributed by atoms with E-state index in [1.807, 2.05) is 0 Å². The highest BCUT2D eigenvalue weighted by Gasteiger charge is 2.39. The van der Waals surface area contributed by atoms with Crippen LogP contribution in [0.15, 0.2) is 30.3 Å².